The van der Waals surface area contributed by atoms with Crippen LogP contribution in [0.2, 0.25) is 0 Å². The Bertz CT molecular complexity index is 140. The topological polar surface area (TPSA) is 49.3 Å². The minimum absolute atomic E-state index is 0.104. The number of rotatable bonds is 2. The van der Waals surface area contributed by atoms with Crippen molar-refractivity contribution in [3.8, 4) is 0 Å². The molecular formula is C6H10INO2. The summed E-state index contributed by atoms with van der Waals surface area (Å²) in [5, 5.41) is 8.60. The largest absolute Gasteiger partial charge is 0.481 e. The molecule has 0 aromatic heterocycles. The SMILES string of the molecule is O=C(O)[C@H]1CC[C@@H](NI)C1. The molecule has 0 heterocycles. The van der Waals surface area contributed by atoms with Gasteiger partial charge in [-0.05, 0) is 19.3 Å². The van der Waals surface area contributed by atoms with Gasteiger partial charge in [0.15, 0.2) is 0 Å². The van der Waals surface area contributed by atoms with Crippen LogP contribution in [0.1, 0.15) is 19.3 Å². The van der Waals surface area contributed by atoms with E-state index in [2.05, 4.69) is 26.4 Å². The van der Waals surface area contributed by atoms with Crippen molar-refractivity contribution in [3.63, 3.8) is 0 Å². The zero-order chi connectivity index (χ0) is 7.56. The summed E-state index contributed by atoms with van der Waals surface area (Å²) in [6, 6.07) is 0.418. The van der Waals surface area contributed by atoms with E-state index in [1.807, 2.05) is 0 Å². The van der Waals surface area contributed by atoms with Gasteiger partial charge in [0.25, 0.3) is 0 Å². The van der Waals surface area contributed by atoms with E-state index in [0.29, 0.717) is 6.04 Å². The molecule has 0 saturated heterocycles. The molecular weight excluding hydrogens is 245 g/mol. The van der Waals surface area contributed by atoms with E-state index >= 15 is 0 Å². The van der Waals surface area contributed by atoms with E-state index < -0.39 is 5.97 Å². The molecule has 0 aromatic carbocycles. The molecule has 2 atom stereocenters. The number of hydrogen-bond acceptors (Lipinski definition) is 2. The molecule has 3 nitrogen and oxygen atoms in total. The van der Waals surface area contributed by atoms with Crippen molar-refractivity contribution in [2.24, 2.45) is 5.92 Å². The predicted octanol–water partition coefficient (Wildman–Crippen LogP) is 1.18. The second-order valence-electron chi connectivity index (χ2n) is 2.65. The van der Waals surface area contributed by atoms with Crippen molar-refractivity contribution < 1.29 is 9.90 Å². The van der Waals surface area contributed by atoms with Crippen LogP contribution in [-0.4, -0.2) is 17.1 Å². The van der Waals surface area contributed by atoms with Gasteiger partial charge in [-0.3, -0.25) is 8.32 Å². The summed E-state index contributed by atoms with van der Waals surface area (Å²) in [4.78, 5) is 10.4. The highest BCUT2D eigenvalue weighted by Gasteiger charge is 2.28. The number of carbonyl (C=O) groups is 1. The Morgan fingerprint density at radius 2 is 2.30 bits per heavy atom. The first kappa shape index (κ1) is 8.26. The first-order valence-electron chi connectivity index (χ1n) is 3.33. The number of nitrogens with one attached hydrogen (secondary N) is 1. The molecule has 0 unspecified atom stereocenters. The van der Waals surface area contributed by atoms with Crippen molar-refractivity contribution in [3.05, 3.63) is 0 Å². The molecule has 0 radical (unpaired) electrons. The van der Waals surface area contributed by atoms with Gasteiger partial charge in [-0.25, -0.2) is 0 Å². The van der Waals surface area contributed by atoms with Crippen LogP contribution >= 0.6 is 22.9 Å². The van der Waals surface area contributed by atoms with Crippen molar-refractivity contribution in [1.29, 1.82) is 0 Å². The van der Waals surface area contributed by atoms with Crippen molar-refractivity contribution in [2.45, 2.75) is 25.3 Å². The van der Waals surface area contributed by atoms with Crippen LogP contribution in [-0.2, 0) is 4.79 Å². The molecule has 1 fully saturated rings. The van der Waals surface area contributed by atoms with Gasteiger partial charge < -0.3 is 5.11 Å². The van der Waals surface area contributed by atoms with E-state index in [1.54, 1.807) is 0 Å². The average molecular weight is 255 g/mol. The fourth-order valence-corrected chi connectivity index (χ4v) is 1.87. The average Bonchev–Trinajstić information content (AvgIpc) is 2.34. The third kappa shape index (κ3) is 1.82. The normalized spacial score (nSPS) is 32.5. The minimum atomic E-state index is -0.644. The van der Waals surface area contributed by atoms with Crippen LogP contribution < -0.4 is 3.53 Å². The maximum atomic E-state index is 10.4. The summed E-state index contributed by atoms with van der Waals surface area (Å²) in [5.74, 6) is -0.749. The summed E-state index contributed by atoms with van der Waals surface area (Å²) >= 11 is 2.08. The van der Waals surface area contributed by atoms with E-state index in [9.17, 15) is 4.79 Å². The Morgan fingerprint density at radius 3 is 2.60 bits per heavy atom. The zero-order valence-corrected chi connectivity index (χ0v) is 7.67. The monoisotopic (exact) mass is 255 g/mol. The van der Waals surface area contributed by atoms with Gasteiger partial charge in [-0.15, -0.1) is 0 Å². The molecule has 0 aliphatic heterocycles. The summed E-state index contributed by atoms with van der Waals surface area (Å²) in [7, 11) is 0. The maximum Gasteiger partial charge on any atom is 0.306 e. The summed E-state index contributed by atoms with van der Waals surface area (Å²) in [6.07, 6.45) is 2.62. The molecule has 10 heavy (non-hydrogen) atoms. The minimum Gasteiger partial charge on any atom is -0.481 e. The second kappa shape index (κ2) is 3.52. The van der Waals surface area contributed by atoms with Crippen LogP contribution in [0.5, 0.6) is 0 Å². The van der Waals surface area contributed by atoms with E-state index in [0.717, 1.165) is 19.3 Å². The van der Waals surface area contributed by atoms with Crippen LogP contribution in [0.3, 0.4) is 0 Å². The number of carboxylic acid groups (broad SMARTS) is 1. The smallest absolute Gasteiger partial charge is 0.306 e. The number of carboxylic acids is 1. The molecule has 4 heteroatoms. The van der Waals surface area contributed by atoms with Crippen molar-refractivity contribution >= 4 is 28.8 Å². The molecule has 1 aliphatic carbocycles. The first-order valence-corrected chi connectivity index (χ1v) is 4.41. The molecule has 58 valence electrons. The zero-order valence-electron chi connectivity index (χ0n) is 5.51. The van der Waals surface area contributed by atoms with Gasteiger partial charge in [0.1, 0.15) is 0 Å². The van der Waals surface area contributed by atoms with Crippen LogP contribution in [0.25, 0.3) is 0 Å². The van der Waals surface area contributed by atoms with E-state index in [4.69, 9.17) is 5.11 Å². The highest BCUT2D eigenvalue weighted by atomic mass is 127. The molecule has 1 rings (SSSR count). The summed E-state index contributed by atoms with van der Waals surface area (Å²) in [6.45, 7) is 0. The summed E-state index contributed by atoms with van der Waals surface area (Å²) < 4.78 is 3.06. The molecule has 1 aliphatic rings. The number of halogens is 1. The Morgan fingerprint density at radius 1 is 1.60 bits per heavy atom. The Balaban J connectivity index is 2.35. The highest BCUT2D eigenvalue weighted by molar-refractivity contribution is 14.1. The van der Waals surface area contributed by atoms with Gasteiger partial charge in [0, 0.05) is 28.9 Å². The first-order chi connectivity index (χ1) is 4.74. The Labute approximate surface area is 73.7 Å². The highest BCUT2D eigenvalue weighted by Crippen LogP contribution is 2.25. The van der Waals surface area contributed by atoms with Gasteiger partial charge in [0.2, 0.25) is 0 Å². The fourth-order valence-electron chi connectivity index (χ4n) is 1.30. The van der Waals surface area contributed by atoms with Crippen LogP contribution in [0.15, 0.2) is 0 Å². The molecule has 1 saturated carbocycles. The lowest BCUT2D eigenvalue weighted by molar-refractivity contribution is -0.141. The third-order valence-corrected chi connectivity index (χ3v) is 2.82. The molecule has 0 aromatic rings. The lowest BCUT2D eigenvalue weighted by atomic mass is 10.1. The quantitative estimate of drug-likeness (QED) is 0.575. The van der Waals surface area contributed by atoms with Crippen molar-refractivity contribution in [1.82, 2.24) is 3.53 Å². The Kier molecular flexibility index (Phi) is 2.91. The van der Waals surface area contributed by atoms with Crippen LogP contribution in [0, 0.1) is 5.92 Å². The van der Waals surface area contributed by atoms with Gasteiger partial charge in [-0.2, -0.15) is 0 Å². The van der Waals surface area contributed by atoms with Gasteiger partial charge in [0.05, 0.1) is 5.92 Å². The second-order valence-corrected chi connectivity index (χ2v) is 3.28. The number of hydrogen-bond donors (Lipinski definition) is 2. The van der Waals surface area contributed by atoms with Crippen LogP contribution in [0.4, 0.5) is 0 Å². The van der Waals surface area contributed by atoms with Gasteiger partial charge >= 0.3 is 5.97 Å². The van der Waals surface area contributed by atoms with Gasteiger partial charge in [-0.1, -0.05) is 0 Å². The third-order valence-electron chi connectivity index (χ3n) is 1.94. The van der Waals surface area contributed by atoms with E-state index in [-0.39, 0.29) is 5.92 Å². The maximum absolute atomic E-state index is 10.4. The predicted molar refractivity (Wildman–Crippen MR) is 45.9 cm³/mol. The molecule has 0 bridgehead atoms. The lowest BCUT2D eigenvalue weighted by Gasteiger charge is -2.04. The fraction of sp³-hybridized carbons (Fsp3) is 0.833. The Hall–Kier alpha value is 0.160. The molecule has 0 amide bonds. The lowest BCUT2D eigenvalue weighted by Crippen LogP contribution is -2.17. The molecule has 0 spiro atoms. The summed E-state index contributed by atoms with van der Waals surface area (Å²) in [5.41, 5.74) is 0. The molecule has 2 N–H and O–H groups in total. The standard InChI is InChI=1S/C6H10INO2/c7-8-5-2-1-4(3-5)6(9)10/h4-5,8H,1-3H2,(H,9,10)/t4-,5+/m0/s1. The number of aliphatic carboxylic acids is 1. The van der Waals surface area contributed by atoms with E-state index in [1.165, 1.54) is 0 Å². The van der Waals surface area contributed by atoms with Crippen molar-refractivity contribution in [2.75, 3.05) is 0 Å².